The van der Waals surface area contributed by atoms with Gasteiger partial charge in [0.25, 0.3) is 0 Å². The fraction of sp³-hybridized carbons (Fsp3) is 0.125. The molecule has 0 aromatic heterocycles. The number of benzene rings is 1. The number of nitrogen functional groups attached to an aromatic ring is 1. The largest absolute Gasteiger partial charge is 0.398 e. The van der Waals surface area contributed by atoms with Gasteiger partial charge in [0.05, 0.1) is 11.6 Å². The van der Waals surface area contributed by atoms with Gasteiger partial charge < -0.3 is 5.73 Å². The third kappa shape index (κ3) is 1.52. The second-order valence-corrected chi connectivity index (χ2v) is 3.15. The summed E-state index contributed by atoms with van der Waals surface area (Å²) >= 11 is 3.27. The van der Waals surface area contributed by atoms with Gasteiger partial charge in [-0.1, -0.05) is 0 Å². The molecule has 0 atom stereocenters. The van der Waals surface area contributed by atoms with Crippen LogP contribution in [0.25, 0.3) is 0 Å². The minimum Gasteiger partial charge on any atom is -0.398 e. The minimum atomic E-state index is 0.604. The first-order chi connectivity index (χ1) is 5.15. The summed E-state index contributed by atoms with van der Waals surface area (Å²) < 4.78 is 0.842. The minimum absolute atomic E-state index is 0.604. The summed E-state index contributed by atoms with van der Waals surface area (Å²) in [6.07, 6.45) is 0. The molecule has 3 heteroatoms. The maximum absolute atomic E-state index is 8.61. The van der Waals surface area contributed by atoms with Crippen LogP contribution in [0.4, 0.5) is 5.69 Å². The number of aryl methyl sites for hydroxylation is 1. The first-order valence-electron chi connectivity index (χ1n) is 3.11. The Morgan fingerprint density at radius 3 is 2.73 bits per heavy atom. The van der Waals surface area contributed by atoms with Gasteiger partial charge in [-0.15, -0.1) is 0 Å². The Kier molecular flexibility index (Phi) is 2.16. The molecule has 11 heavy (non-hydrogen) atoms. The van der Waals surface area contributed by atoms with E-state index >= 15 is 0 Å². The highest BCUT2D eigenvalue weighted by molar-refractivity contribution is 9.10. The summed E-state index contributed by atoms with van der Waals surface area (Å²) in [6, 6.07) is 5.57. The molecule has 0 heterocycles. The standard InChI is InChI=1S/C8H7BrN2/c1-5-2-7(9)8(11)3-6(5)4-10/h2-3H,11H2,1H3. The number of nitrogens with zero attached hydrogens (tertiary/aromatic N) is 1. The average Bonchev–Trinajstić information content (AvgIpc) is 1.97. The van der Waals surface area contributed by atoms with Crippen molar-refractivity contribution in [2.24, 2.45) is 0 Å². The third-order valence-electron chi connectivity index (χ3n) is 1.46. The predicted octanol–water partition coefficient (Wildman–Crippen LogP) is 2.21. The molecule has 0 aliphatic carbocycles. The summed E-state index contributed by atoms with van der Waals surface area (Å²) in [4.78, 5) is 0. The number of halogens is 1. The number of hydrogen-bond acceptors (Lipinski definition) is 2. The lowest BCUT2D eigenvalue weighted by atomic mass is 10.1. The van der Waals surface area contributed by atoms with Crippen LogP contribution in [0, 0.1) is 18.3 Å². The molecule has 0 aliphatic heterocycles. The third-order valence-corrected chi connectivity index (χ3v) is 2.15. The van der Waals surface area contributed by atoms with Gasteiger partial charge in [-0.25, -0.2) is 0 Å². The van der Waals surface area contributed by atoms with Crippen LogP contribution in [-0.4, -0.2) is 0 Å². The van der Waals surface area contributed by atoms with Crippen LogP contribution in [0.15, 0.2) is 16.6 Å². The van der Waals surface area contributed by atoms with Crippen LogP contribution < -0.4 is 5.73 Å². The fourth-order valence-electron chi connectivity index (χ4n) is 0.810. The topological polar surface area (TPSA) is 49.8 Å². The van der Waals surface area contributed by atoms with E-state index < -0.39 is 0 Å². The van der Waals surface area contributed by atoms with Gasteiger partial charge >= 0.3 is 0 Å². The Morgan fingerprint density at radius 1 is 1.55 bits per heavy atom. The summed E-state index contributed by atoms with van der Waals surface area (Å²) in [5.74, 6) is 0. The Bertz CT molecular complexity index is 326. The number of nitriles is 1. The van der Waals surface area contributed by atoms with E-state index in [2.05, 4.69) is 22.0 Å². The molecular weight excluding hydrogens is 204 g/mol. The lowest BCUT2D eigenvalue weighted by Gasteiger charge is -2.00. The molecule has 0 saturated carbocycles. The monoisotopic (exact) mass is 210 g/mol. The van der Waals surface area contributed by atoms with Crippen molar-refractivity contribution in [3.63, 3.8) is 0 Å². The van der Waals surface area contributed by atoms with Gasteiger partial charge in [-0.2, -0.15) is 5.26 Å². The molecular formula is C8H7BrN2. The molecule has 0 aliphatic rings. The van der Waals surface area contributed by atoms with E-state index in [0.29, 0.717) is 11.3 Å². The van der Waals surface area contributed by atoms with Crippen LogP contribution in [0.3, 0.4) is 0 Å². The highest BCUT2D eigenvalue weighted by Gasteiger charge is 2.00. The number of anilines is 1. The van der Waals surface area contributed by atoms with E-state index in [4.69, 9.17) is 11.0 Å². The van der Waals surface area contributed by atoms with Crippen molar-refractivity contribution in [3.05, 3.63) is 27.7 Å². The van der Waals surface area contributed by atoms with Crippen molar-refractivity contribution >= 4 is 21.6 Å². The lowest BCUT2D eigenvalue weighted by molar-refractivity contribution is 1.38. The quantitative estimate of drug-likeness (QED) is 0.668. The van der Waals surface area contributed by atoms with Crippen molar-refractivity contribution in [3.8, 4) is 6.07 Å². The summed E-state index contributed by atoms with van der Waals surface area (Å²) in [7, 11) is 0. The Hall–Kier alpha value is -1.01. The first kappa shape index (κ1) is 8.09. The Morgan fingerprint density at radius 2 is 2.18 bits per heavy atom. The molecule has 0 amide bonds. The normalized spacial score (nSPS) is 9.18. The van der Waals surface area contributed by atoms with Gasteiger partial charge in [0.2, 0.25) is 0 Å². The molecule has 0 bridgehead atoms. The van der Waals surface area contributed by atoms with Crippen molar-refractivity contribution in [1.82, 2.24) is 0 Å². The molecule has 1 rings (SSSR count). The number of nitrogens with two attached hydrogens (primary N) is 1. The van der Waals surface area contributed by atoms with E-state index in [1.165, 1.54) is 0 Å². The average molecular weight is 211 g/mol. The molecule has 1 aromatic carbocycles. The second kappa shape index (κ2) is 2.93. The first-order valence-corrected chi connectivity index (χ1v) is 3.90. The van der Waals surface area contributed by atoms with Gasteiger partial charge in [-0.05, 0) is 40.5 Å². The maximum Gasteiger partial charge on any atom is 0.0995 e. The molecule has 1 aromatic rings. The molecule has 0 unspecified atom stereocenters. The van der Waals surface area contributed by atoms with Gasteiger partial charge in [0, 0.05) is 10.2 Å². The predicted molar refractivity (Wildman–Crippen MR) is 48.0 cm³/mol. The van der Waals surface area contributed by atoms with Crippen LogP contribution >= 0.6 is 15.9 Å². The molecule has 0 spiro atoms. The zero-order chi connectivity index (χ0) is 8.43. The summed E-state index contributed by atoms with van der Waals surface area (Å²) in [5.41, 5.74) is 7.74. The molecule has 0 radical (unpaired) electrons. The molecule has 0 fully saturated rings. The van der Waals surface area contributed by atoms with Gasteiger partial charge in [0.15, 0.2) is 0 Å². The number of rotatable bonds is 0. The summed E-state index contributed by atoms with van der Waals surface area (Å²) in [5, 5.41) is 8.61. The zero-order valence-corrected chi connectivity index (χ0v) is 7.64. The van der Waals surface area contributed by atoms with Crippen LogP contribution in [0.2, 0.25) is 0 Å². The van der Waals surface area contributed by atoms with Crippen LogP contribution in [0.1, 0.15) is 11.1 Å². The molecule has 56 valence electrons. The second-order valence-electron chi connectivity index (χ2n) is 2.30. The van der Waals surface area contributed by atoms with E-state index in [1.807, 2.05) is 13.0 Å². The van der Waals surface area contributed by atoms with Crippen molar-refractivity contribution < 1.29 is 0 Å². The van der Waals surface area contributed by atoms with E-state index in [1.54, 1.807) is 6.07 Å². The van der Waals surface area contributed by atoms with E-state index in [0.717, 1.165) is 10.0 Å². The van der Waals surface area contributed by atoms with E-state index in [-0.39, 0.29) is 0 Å². The van der Waals surface area contributed by atoms with Gasteiger partial charge in [-0.3, -0.25) is 0 Å². The SMILES string of the molecule is Cc1cc(Br)c(N)cc1C#N. The Balaban J connectivity index is 3.35. The van der Waals surface area contributed by atoms with Crippen molar-refractivity contribution in [1.29, 1.82) is 5.26 Å². The van der Waals surface area contributed by atoms with Crippen molar-refractivity contribution in [2.45, 2.75) is 6.92 Å². The Labute approximate surface area is 73.8 Å². The summed E-state index contributed by atoms with van der Waals surface area (Å²) in [6.45, 7) is 1.88. The molecule has 2 nitrogen and oxygen atoms in total. The van der Waals surface area contributed by atoms with Crippen molar-refractivity contribution in [2.75, 3.05) is 5.73 Å². The van der Waals surface area contributed by atoms with E-state index in [9.17, 15) is 0 Å². The van der Waals surface area contributed by atoms with Crippen LogP contribution in [-0.2, 0) is 0 Å². The smallest absolute Gasteiger partial charge is 0.0995 e. The fourth-order valence-corrected chi connectivity index (χ4v) is 1.27. The maximum atomic E-state index is 8.61. The number of hydrogen-bond donors (Lipinski definition) is 1. The highest BCUT2D eigenvalue weighted by Crippen LogP contribution is 2.22. The van der Waals surface area contributed by atoms with Crippen LogP contribution in [0.5, 0.6) is 0 Å². The molecule has 2 N–H and O–H groups in total. The zero-order valence-electron chi connectivity index (χ0n) is 6.06. The lowest BCUT2D eigenvalue weighted by Crippen LogP contribution is -1.90. The van der Waals surface area contributed by atoms with Gasteiger partial charge in [0.1, 0.15) is 0 Å². The highest BCUT2D eigenvalue weighted by atomic mass is 79.9. The molecule has 0 saturated heterocycles.